The SMILES string of the molecule is Cc1nc(-c2ccc(F)cc2)nc2c(C(=O)NC(C)C3CC3)ccn12. The highest BCUT2D eigenvalue weighted by Crippen LogP contribution is 2.32. The van der Waals surface area contributed by atoms with Crippen LogP contribution in [0.1, 0.15) is 35.9 Å². The monoisotopic (exact) mass is 338 g/mol. The van der Waals surface area contributed by atoms with Crippen LogP contribution in [-0.4, -0.2) is 26.3 Å². The lowest BCUT2D eigenvalue weighted by Gasteiger charge is -2.12. The average molecular weight is 338 g/mol. The van der Waals surface area contributed by atoms with Crippen molar-refractivity contribution in [2.24, 2.45) is 5.92 Å². The van der Waals surface area contributed by atoms with Gasteiger partial charge in [0, 0.05) is 17.8 Å². The number of hydrogen-bond donors (Lipinski definition) is 1. The van der Waals surface area contributed by atoms with Crippen LogP contribution in [-0.2, 0) is 0 Å². The molecule has 1 saturated carbocycles. The number of aryl methyl sites for hydroxylation is 1. The first kappa shape index (κ1) is 15.7. The van der Waals surface area contributed by atoms with Gasteiger partial charge in [-0.2, -0.15) is 0 Å². The molecule has 1 atom stereocenters. The fraction of sp³-hybridized carbons (Fsp3) is 0.316. The molecule has 0 radical (unpaired) electrons. The number of benzene rings is 1. The Morgan fingerprint density at radius 2 is 1.96 bits per heavy atom. The van der Waals surface area contributed by atoms with E-state index in [9.17, 15) is 9.18 Å². The number of fused-ring (bicyclic) bond motifs is 1. The van der Waals surface area contributed by atoms with Gasteiger partial charge in [-0.15, -0.1) is 0 Å². The van der Waals surface area contributed by atoms with Crippen LogP contribution in [0, 0.1) is 18.7 Å². The molecule has 1 aliphatic carbocycles. The van der Waals surface area contributed by atoms with Gasteiger partial charge in [-0.25, -0.2) is 14.4 Å². The summed E-state index contributed by atoms with van der Waals surface area (Å²) in [7, 11) is 0. The number of carbonyl (C=O) groups excluding carboxylic acids is 1. The number of nitrogens with zero attached hydrogens (tertiary/aromatic N) is 3. The Morgan fingerprint density at radius 3 is 2.64 bits per heavy atom. The van der Waals surface area contributed by atoms with Crippen molar-refractivity contribution in [1.29, 1.82) is 0 Å². The van der Waals surface area contributed by atoms with E-state index in [4.69, 9.17) is 0 Å². The summed E-state index contributed by atoms with van der Waals surface area (Å²) in [5.41, 5.74) is 1.81. The quantitative estimate of drug-likeness (QED) is 0.793. The Balaban J connectivity index is 1.73. The maximum absolute atomic E-state index is 13.1. The molecule has 1 fully saturated rings. The van der Waals surface area contributed by atoms with E-state index < -0.39 is 0 Å². The van der Waals surface area contributed by atoms with Crippen LogP contribution in [0.3, 0.4) is 0 Å². The van der Waals surface area contributed by atoms with Crippen molar-refractivity contribution in [1.82, 2.24) is 19.7 Å². The molecule has 3 aromatic rings. The van der Waals surface area contributed by atoms with Gasteiger partial charge < -0.3 is 5.32 Å². The zero-order valence-corrected chi connectivity index (χ0v) is 14.2. The van der Waals surface area contributed by atoms with E-state index in [-0.39, 0.29) is 17.8 Å². The van der Waals surface area contributed by atoms with Gasteiger partial charge in [0.05, 0.1) is 5.56 Å². The molecule has 2 aromatic heterocycles. The molecule has 0 aliphatic heterocycles. The summed E-state index contributed by atoms with van der Waals surface area (Å²) < 4.78 is 14.9. The van der Waals surface area contributed by atoms with E-state index in [1.807, 2.05) is 13.8 Å². The van der Waals surface area contributed by atoms with E-state index >= 15 is 0 Å². The number of carbonyl (C=O) groups is 1. The van der Waals surface area contributed by atoms with Gasteiger partial charge in [0.15, 0.2) is 11.5 Å². The molecule has 4 rings (SSSR count). The predicted molar refractivity (Wildman–Crippen MR) is 92.8 cm³/mol. The van der Waals surface area contributed by atoms with Crippen LogP contribution >= 0.6 is 0 Å². The third kappa shape index (κ3) is 2.99. The Kier molecular flexibility index (Phi) is 3.75. The Hall–Kier alpha value is -2.76. The summed E-state index contributed by atoms with van der Waals surface area (Å²) in [6.07, 6.45) is 4.15. The largest absolute Gasteiger partial charge is 0.349 e. The molecule has 0 spiro atoms. The first-order chi connectivity index (χ1) is 12.0. The second-order valence-electron chi connectivity index (χ2n) is 6.62. The van der Waals surface area contributed by atoms with Gasteiger partial charge in [0.25, 0.3) is 5.91 Å². The van der Waals surface area contributed by atoms with Crippen LogP contribution in [0.2, 0.25) is 0 Å². The van der Waals surface area contributed by atoms with Gasteiger partial charge in [-0.05, 0) is 62.9 Å². The number of amides is 1. The smallest absolute Gasteiger partial charge is 0.255 e. The Bertz CT molecular complexity index is 944. The molecule has 5 nitrogen and oxygen atoms in total. The second-order valence-corrected chi connectivity index (χ2v) is 6.62. The molecule has 0 saturated heterocycles. The van der Waals surface area contributed by atoms with Gasteiger partial charge in [-0.3, -0.25) is 9.20 Å². The van der Waals surface area contributed by atoms with E-state index in [0.717, 1.165) is 5.82 Å². The fourth-order valence-corrected chi connectivity index (χ4v) is 3.04. The van der Waals surface area contributed by atoms with Gasteiger partial charge in [0.1, 0.15) is 11.6 Å². The summed E-state index contributed by atoms with van der Waals surface area (Å²) >= 11 is 0. The minimum Gasteiger partial charge on any atom is -0.349 e. The van der Waals surface area contributed by atoms with Crippen LogP contribution in [0.5, 0.6) is 0 Å². The summed E-state index contributed by atoms with van der Waals surface area (Å²) in [4.78, 5) is 21.7. The molecule has 2 heterocycles. The fourth-order valence-electron chi connectivity index (χ4n) is 3.04. The van der Waals surface area contributed by atoms with Crippen molar-refractivity contribution in [3.63, 3.8) is 0 Å². The molecule has 6 heteroatoms. The van der Waals surface area contributed by atoms with E-state index in [1.165, 1.54) is 25.0 Å². The maximum Gasteiger partial charge on any atom is 0.255 e. The highest BCUT2D eigenvalue weighted by atomic mass is 19.1. The molecule has 25 heavy (non-hydrogen) atoms. The molecule has 1 amide bonds. The van der Waals surface area contributed by atoms with Gasteiger partial charge in [0.2, 0.25) is 0 Å². The van der Waals surface area contributed by atoms with Crippen molar-refractivity contribution in [2.45, 2.75) is 32.7 Å². The number of halogens is 1. The summed E-state index contributed by atoms with van der Waals surface area (Å²) in [5, 5.41) is 3.06. The normalized spacial score (nSPS) is 15.3. The topological polar surface area (TPSA) is 59.3 Å². The molecular formula is C19H19FN4O. The second kappa shape index (κ2) is 5.95. The first-order valence-corrected chi connectivity index (χ1v) is 8.45. The molecule has 0 bridgehead atoms. The lowest BCUT2D eigenvalue weighted by Crippen LogP contribution is -2.34. The minimum atomic E-state index is -0.307. The third-order valence-corrected chi connectivity index (χ3v) is 4.72. The van der Waals surface area contributed by atoms with Gasteiger partial charge >= 0.3 is 0 Å². The molecule has 1 unspecified atom stereocenters. The van der Waals surface area contributed by atoms with E-state index in [2.05, 4.69) is 15.3 Å². The number of hydrogen-bond acceptors (Lipinski definition) is 3. The zero-order chi connectivity index (χ0) is 17.6. The first-order valence-electron chi connectivity index (χ1n) is 8.45. The van der Waals surface area contributed by atoms with Gasteiger partial charge in [-0.1, -0.05) is 0 Å². The predicted octanol–water partition coefficient (Wildman–Crippen LogP) is 3.37. The zero-order valence-electron chi connectivity index (χ0n) is 14.2. The van der Waals surface area contributed by atoms with Crippen LogP contribution in [0.15, 0.2) is 36.5 Å². The van der Waals surface area contributed by atoms with Crippen molar-refractivity contribution < 1.29 is 9.18 Å². The lowest BCUT2D eigenvalue weighted by molar-refractivity contribution is 0.0937. The number of nitrogens with one attached hydrogen (secondary N) is 1. The third-order valence-electron chi connectivity index (χ3n) is 4.72. The summed E-state index contributed by atoms with van der Waals surface area (Å²) in [5.74, 6) is 1.36. The van der Waals surface area contributed by atoms with Crippen LogP contribution in [0.4, 0.5) is 4.39 Å². The van der Waals surface area contributed by atoms with Crippen molar-refractivity contribution in [2.75, 3.05) is 0 Å². The summed E-state index contributed by atoms with van der Waals surface area (Å²) in [6.45, 7) is 3.90. The number of aromatic nitrogens is 3. The average Bonchev–Trinajstić information content (AvgIpc) is 3.35. The lowest BCUT2D eigenvalue weighted by atomic mass is 10.2. The van der Waals surface area contributed by atoms with Crippen LogP contribution < -0.4 is 5.32 Å². The van der Waals surface area contributed by atoms with Crippen molar-refractivity contribution in [3.05, 3.63) is 53.7 Å². The highest BCUT2D eigenvalue weighted by Gasteiger charge is 2.29. The van der Waals surface area contributed by atoms with Crippen molar-refractivity contribution >= 4 is 11.6 Å². The number of rotatable bonds is 4. The van der Waals surface area contributed by atoms with E-state index in [0.29, 0.717) is 28.5 Å². The molecule has 1 aliphatic rings. The Morgan fingerprint density at radius 1 is 1.24 bits per heavy atom. The standard InChI is InChI=1S/C19H19FN4O/c1-11(13-3-4-13)21-19(25)16-9-10-24-12(2)22-17(23-18(16)24)14-5-7-15(20)8-6-14/h5-11,13H,3-4H2,1-2H3,(H,21,25). The van der Waals surface area contributed by atoms with Crippen molar-refractivity contribution in [3.8, 4) is 11.4 Å². The summed E-state index contributed by atoms with van der Waals surface area (Å²) in [6, 6.07) is 7.96. The molecular weight excluding hydrogens is 319 g/mol. The highest BCUT2D eigenvalue weighted by molar-refractivity contribution is 6.00. The maximum atomic E-state index is 13.1. The molecule has 1 aromatic carbocycles. The Labute approximate surface area is 144 Å². The van der Waals surface area contributed by atoms with E-state index in [1.54, 1.807) is 28.8 Å². The van der Waals surface area contributed by atoms with Crippen LogP contribution in [0.25, 0.3) is 17.0 Å². The molecule has 1 N–H and O–H groups in total. The molecule has 128 valence electrons. The minimum absolute atomic E-state index is 0.120.